The van der Waals surface area contributed by atoms with Gasteiger partial charge in [-0.25, -0.2) is 0 Å². The third-order valence-corrected chi connectivity index (χ3v) is 3.89. The lowest BCUT2D eigenvalue weighted by atomic mass is 9.81. The summed E-state index contributed by atoms with van der Waals surface area (Å²) in [4.78, 5) is 11.0. The van der Waals surface area contributed by atoms with Crippen LogP contribution in [-0.2, 0) is 10.2 Å². The summed E-state index contributed by atoms with van der Waals surface area (Å²) < 4.78 is 11.6. The largest absolute Gasteiger partial charge is 0.489 e. The van der Waals surface area contributed by atoms with Gasteiger partial charge in [-0.05, 0) is 17.7 Å². The van der Waals surface area contributed by atoms with Gasteiger partial charge in [-0.2, -0.15) is 0 Å². The number of aliphatic carboxylic acids is 1. The maximum Gasteiger partial charge on any atom is 0.304 e. The van der Waals surface area contributed by atoms with E-state index in [9.17, 15) is 4.79 Å². The van der Waals surface area contributed by atoms with Crippen LogP contribution in [0.3, 0.4) is 0 Å². The summed E-state index contributed by atoms with van der Waals surface area (Å²) in [5.74, 6) is 0.281. The lowest BCUT2D eigenvalue weighted by Crippen LogP contribution is -2.26. The zero-order valence-corrected chi connectivity index (χ0v) is 13.6. The zero-order valence-electron chi connectivity index (χ0n) is 12.8. The first-order chi connectivity index (χ1) is 9.61. The van der Waals surface area contributed by atoms with Crippen LogP contribution in [0.5, 0.6) is 11.5 Å². The Morgan fingerprint density at radius 2 is 1.95 bits per heavy atom. The van der Waals surface area contributed by atoms with Crippen LogP contribution in [0.1, 0.15) is 39.7 Å². The number of carboxylic acid groups (broad SMARTS) is 1. The van der Waals surface area contributed by atoms with Crippen molar-refractivity contribution in [3.05, 3.63) is 22.7 Å². The molecule has 5 heteroatoms. The molecule has 4 nitrogen and oxygen atoms in total. The zero-order chi connectivity index (χ0) is 15.8. The molecule has 1 heterocycles. The second-order valence-corrected chi connectivity index (χ2v) is 7.39. The van der Waals surface area contributed by atoms with Crippen molar-refractivity contribution < 1.29 is 19.4 Å². The molecule has 116 valence electrons. The minimum Gasteiger partial charge on any atom is -0.489 e. The first-order valence-electron chi connectivity index (χ1n) is 6.92. The number of carboxylic acids is 1. The Bertz CT molecular complexity index is 564. The standard InChI is InChI=1S/C16H21ClO4/c1-15(2)8-20-12-6-10(16(3,4)7-13(18)19)5-11(17)14(12)21-9-15/h5-6H,7-9H2,1-4H3,(H,18,19). The Labute approximate surface area is 130 Å². The second kappa shape index (κ2) is 5.41. The van der Waals surface area contributed by atoms with Crippen molar-refractivity contribution in [2.75, 3.05) is 13.2 Å². The van der Waals surface area contributed by atoms with Crippen LogP contribution in [0.15, 0.2) is 12.1 Å². The van der Waals surface area contributed by atoms with Gasteiger partial charge >= 0.3 is 5.97 Å². The minimum atomic E-state index is -0.843. The highest BCUT2D eigenvalue weighted by atomic mass is 35.5. The highest BCUT2D eigenvalue weighted by Crippen LogP contribution is 2.43. The maximum absolute atomic E-state index is 11.0. The first kappa shape index (κ1) is 16.0. The predicted octanol–water partition coefficient (Wildman–Crippen LogP) is 3.89. The highest BCUT2D eigenvalue weighted by Gasteiger charge is 2.30. The average Bonchev–Trinajstić information content (AvgIpc) is 2.47. The van der Waals surface area contributed by atoms with Crippen molar-refractivity contribution in [3.8, 4) is 11.5 Å². The van der Waals surface area contributed by atoms with Crippen molar-refractivity contribution in [2.45, 2.75) is 39.5 Å². The fourth-order valence-corrected chi connectivity index (χ4v) is 2.53. The molecular formula is C16H21ClO4. The number of hydrogen-bond acceptors (Lipinski definition) is 3. The van der Waals surface area contributed by atoms with Gasteiger partial charge in [0.2, 0.25) is 0 Å². The third kappa shape index (κ3) is 3.62. The van der Waals surface area contributed by atoms with Crippen LogP contribution < -0.4 is 9.47 Å². The highest BCUT2D eigenvalue weighted by molar-refractivity contribution is 6.32. The number of hydrogen-bond donors (Lipinski definition) is 1. The van der Waals surface area contributed by atoms with Crippen LogP contribution in [0.25, 0.3) is 0 Å². The van der Waals surface area contributed by atoms with Crippen LogP contribution in [0.4, 0.5) is 0 Å². The molecule has 21 heavy (non-hydrogen) atoms. The molecule has 2 rings (SSSR count). The number of benzene rings is 1. The second-order valence-electron chi connectivity index (χ2n) is 6.98. The molecule has 0 amide bonds. The number of ether oxygens (including phenoxy) is 2. The molecule has 0 aliphatic carbocycles. The quantitative estimate of drug-likeness (QED) is 0.920. The van der Waals surface area contributed by atoms with E-state index in [2.05, 4.69) is 13.8 Å². The van der Waals surface area contributed by atoms with Gasteiger partial charge in [-0.1, -0.05) is 39.3 Å². The normalized spacial score (nSPS) is 17.2. The molecule has 0 saturated carbocycles. The van der Waals surface area contributed by atoms with E-state index in [1.165, 1.54) is 0 Å². The summed E-state index contributed by atoms with van der Waals surface area (Å²) in [6.45, 7) is 8.92. The van der Waals surface area contributed by atoms with Crippen molar-refractivity contribution in [1.29, 1.82) is 0 Å². The Kier molecular flexibility index (Phi) is 4.11. The van der Waals surface area contributed by atoms with Gasteiger partial charge in [0, 0.05) is 10.8 Å². The third-order valence-electron chi connectivity index (χ3n) is 3.61. The Morgan fingerprint density at radius 3 is 2.57 bits per heavy atom. The molecular weight excluding hydrogens is 292 g/mol. The minimum absolute atomic E-state index is 0.0223. The van der Waals surface area contributed by atoms with E-state index in [1.807, 2.05) is 19.9 Å². The predicted molar refractivity (Wildman–Crippen MR) is 81.5 cm³/mol. The lowest BCUT2D eigenvalue weighted by Gasteiger charge is -2.24. The number of halogens is 1. The summed E-state index contributed by atoms with van der Waals surface area (Å²) in [5, 5.41) is 9.50. The summed E-state index contributed by atoms with van der Waals surface area (Å²) in [6.07, 6.45) is 0.0223. The molecule has 0 saturated heterocycles. The summed E-state index contributed by atoms with van der Waals surface area (Å²) >= 11 is 6.30. The molecule has 0 unspecified atom stereocenters. The van der Waals surface area contributed by atoms with E-state index in [1.54, 1.807) is 6.07 Å². The van der Waals surface area contributed by atoms with E-state index in [0.717, 1.165) is 5.56 Å². The summed E-state index contributed by atoms with van der Waals surface area (Å²) in [6, 6.07) is 3.61. The molecule has 1 aliphatic heterocycles. The fraction of sp³-hybridized carbons (Fsp3) is 0.562. The van der Waals surface area contributed by atoms with Gasteiger partial charge in [0.15, 0.2) is 11.5 Å². The monoisotopic (exact) mass is 312 g/mol. The van der Waals surface area contributed by atoms with Crippen molar-refractivity contribution in [1.82, 2.24) is 0 Å². The Balaban J connectivity index is 2.40. The fourth-order valence-electron chi connectivity index (χ4n) is 2.27. The van der Waals surface area contributed by atoms with Crippen molar-refractivity contribution in [3.63, 3.8) is 0 Å². The van der Waals surface area contributed by atoms with Gasteiger partial charge < -0.3 is 14.6 Å². The van der Waals surface area contributed by atoms with Crippen LogP contribution >= 0.6 is 11.6 Å². The van der Waals surface area contributed by atoms with Crippen LogP contribution in [0.2, 0.25) is 5.02 Å². The molecule has 1 N–H and O–H groups in total. The van der Waals surface area contributed by atoms with Crippen molar-refractivity contribution in [2.24, 2.45) is 5.41 Å². The molecule has 0 atom stereocenters. The molecule has 0 spiro atoms. The number of carbonyl (C=O) groups is 1. The molecule has 1 aromatic rings. The smallest absolute Gasteiger partial charge is 0.304 e. The Morgan fingerprint density at radius 1 is 1.33 bits per heavy atom. The molecule has 0 bridgehead atoms. The molecule has 1 aliphatic rings. The molecule has 0 fully saturated rings. The first-order valence-corrected chi connectivity index (χ1v) is 7.30. The molecule has 0 aromatic heterocycles. The van der Waals surface area contributed by atoms with Gasteiger partial charge in [0.25, 0.3) is 0 Å². The van der Waals surface area contributed by atoms with Gasteiger partial charge in [-0.3, -0.25) is 4.79 Å². The van der Waals surface area contributed by atoms with E-state index >= 15 is 0 Å². The summed E-state index contributed by atoms with van der Waals surface area (Å²) in [5.41, 5.74) is 0.200. The number of rotatable bonds is 3. The molecule has 0 radical (unpaired) electrons. The number of fused-ring (bicyclic) bond motifs is 1. The topological polar surface area (TPSA) is 55.8 Å². The Hall–Kier alpha value is -1.42. The van der Waals surface area contributed by atoms with E-state index in [-0.39, 0.29) is 11.8 Å². The van der Waals surface area contributed by atoms with Gasteiger partial charge in [-0.15, -0.1) is 0 Å². The van der Waals surface area contributed by atoms with E-state index in [4.69, 9.17) is 26.2 Å². The SMILES string of the molecule is CC1(C)COc2cc(C(C)(C)CC(=O)O)cc(Cl)c2OC1. The average molecular weight is 313 g/mol. The van der Waals surface area contributed by atoms with Crippen LogP contribution in [-0.4, -0.2) is 24.3 Å². The van der Waals surface area contributed by atoms with Crippen molar-refractivity contribution >= 4 is 17.6 Å². The van der Waals surface area contributed by atoms with E-state index in [0.29, 0.717) is 29.7 Å². The van der Waals surface area contributed by atoms with Crippen LogP contribution in [0, 0.1) is 5.41 Å². The van der Waals surface area contributed by atoms with Gasteiger partial charge in [0.05, 0.1) is 24.7 Å². The lowest BCUT2D eigenvalue weighted by molar-refractivity contribution is -0.138. The van der Waals surface area contributed by atoms with Gasteiger partial charge in [0.1, 0.15) is 0 Å². The molecule has 1 aromatic carbocycles. The van der Waals surface area contributed by atoms with E-state index < -0.39 is 11.4 Å². The maximum atomic E-state index is 11.0. The summed E-state index contributed by atoms with van der Waals surface area (Å²) in [7, 11) is 0.